The maximum Gasteiger partial charge on any atom is 0.338 e. The van der Waals surface area contributed by atoms with Gasteiger partial charge in [-0.1, -0.05) is 12.7 Å². The summed E-state index contributed by atoms with van der Waals surface area (Å²) in [5.74, 6) is 0.173. The summed E-state index contributed by atoms with van der Waals surface area (Å²) in [5.41, 5.74) is 1.51. The zero-order valence-corrected chi connectivity index (χ0v) is 11.1. The normalized spacial score (nSPS) is 14.2. The van der Waals surface area contributed by atoms with Crippen LogP contribution in [-0.4, -0.2) is 29.8 Å². The Bertz CT molecular complexity index is 673. The molecule has 3 rings (SSSR count). The number of aromatic nitrogens is 2. The molecule has 0 N–H and O–H groups in total. The van der Waals surface area contributed by atoms with Crippen molar-refractivity contribution in [1.82, 2.24) is 10.1 Å². The zero-order valence-electron chi connectivity index (χ0n) is 11.1. The minimum atomic E-state index is -0.453. The number of hydrogen-bond acceptors (Lipinski definition) is 6. The second kappa shape index (κ2) is 4.96. The molecule has 2 heterocycles. The summed E-state index contributed by atoms with van der Waals surface area (Å²) in [6.07, 6.45) is 3.74. The van der Waals surface area contributed by atoms with Crippen LogP contribution in [0.25, 0.3) is 11.1 Å². The van der Waals surface area contributed by atoms with E-state index >= 15 is 0 Å². The van der Waals surface area contributed by atoms with E-state index in [2.05, 4.69) is 16.7 Å². The predicted octanol–water partition coefficient (Wildman–Crippen LogP) is 2.45. The summed E-state index contributed by atoms with van der Waals surface area (Å²) < 4.78 is 15.4. The number of methoxy groups -OCH3 is 1. The van der Waals surface area contributed by atoms with E-state index in [4.69, 9.17) is 14.0 Å². The lowest BCUT2D eigenvalue weighted by atomic mass is 10.1. The largest absolute Gasteiger partial charge is 0.471 e. The lowest BCUT2D eigenvalue weighted by Crippen LogP contribution is -2.05. The average Bonchev–Trinajstić information content (AvgIpc) is 3.24. The number of ether oxygens (including phenoxy) is 2. The van der Waals surface area contributed by atoms with Gasteiger partial charge in [0.15, 0.2) is 0 Å². The predicted molar refractivity (Wildman–Crippen MR) is 70.8 cm³/mol. The number of fused-ring (bicyclic) bond motifs is 1. The Morgan fingerprint density at radius 1 is 1.60 bits per heavy atom. The van der Waals surface area contributed by atoms with Crippen molar-refractivity contribution in [2.45, 2.75) is 18.8 Å². The molecule has 0 bridgehead atoms. The van der Waals surface area contributed by atoms with Crippen molar-refractivity contribution in [3.8, 4) is 5.88 Å². The third-order valence-corrected chi connectivity index (χ3v) is 3.17. The highest BCUT2D eigenvalue weighted by molar-refractivity contribution is 6.04. The topological polar surface area (TPSA) is 74.5 Å². The number of carbonyl (C=O) groups is 1. The molecule has 1 fully saturated rings. The van der Waals surface area contributed by atoms with Gasteiger partial charge in [0, 0.05) is 11.6 Å². The van der Waals surface area contributed by atoms with Crippen LogP contribution in [0.3, 0.4) is 0 Å². The van der Waals surface area contributed by atoms with Gasteiger partial charge in [0.1, 0.15) is 12.0 Å². The Kier molecular flexibility index (Phi) is 3.14. The molecule has 1 aliphatic carbocycles. The Morgan fingerprint density at radius 2 is 2.40 bits per heavy atom. The van der Waals surface area contributed by atoms with Gasteiger partial charge in [-0.3, -0.25) is 0 Å². The molecule has 0 aliphatic heterocycles. The molecule has 0 aromatic carbocycles. The highest BCUT2D eigenvalue weighted by Gasteiger charge is 2.29. The fraction of sp³-hybridized carbons (Fsp3) is 0.357. The monoisotopic (exact) mass is 274 g/mol. The van der Waals surface area contributed by atoms with Crippen LogP contribution in [0.2, 0.25) is 0 Å². The maximum absolute atomic E-state index is 12.0. The van der Waals surface area contributed by atoms with Gasteiger partial charge in [-0.2, -0.15) is 0 Å². The van der Waals surface area contributed by atoms with Gasteiger partial charge in [0.2, 0.25) is 0 Å². The van der Waals surface area contributed by atoms with E-state index in [0.717, 1.165) is 18.5 Å². The highest BCUT2D eigenvalue weighted by Crippen LogP contribution is 2.41. The van der Waals surface area contributed by atoms with E-state index in [1.54, 1.807) is 12.1 Å². The Labute approximate surface area is 115 Å². The van der Waals surface area contributed by atoms with Crippen LogP contribution >= 0.6 is 0 Å². The first-order valence-electron chi connectivity index (χ1n) is 6.37. The molecule has 20 heavy (non-hydrogen) atoms. The maximum atomic E-state index is 12.0. The smallest absolute Gasteiger partial charge is 0.338 e. The van der Waals surface area contributed by atoms with Gasteiger partial charge in [-0.25, -0.2) is 9.78 Å². The SMILES string of the molecule is C=CCOc1noc2nc(C3CC3)cc(C(=O)OC)c12. The minimum absolute atomic E-state index is 0.232. The Balaban J connectivity index is 2.14. The molecule has 0 unspecified atom stereocenters. The number of hydrogen-bond donors (Lipinski definition) is 0. The van der Waals surface area contributed by atoms with E-state index in [0.29, 0.717) is 22.6 Å². The fourth-order valence-electron chi connectivity index (χ4n) is 2.04. The first kappa shape index (κ1) is 12.7. The van der Waals surface area contributed by atoms with Crippen molar-refractivity contribution in [2.24, 2.45) is 0 Å². The van der Waals surface area contributed by atoms with Crippen LogP contribution in [0.15, 0.2) is 23.2 Å². The van der Waals surface area contributed by atoms with Crippen LogP contribution in [0.4, 0.5) is 0 Å². The van der Waals surface area contributed by atoms with Crippen molar-refractivity contribution in [3.05, 3.63) is 30.0 Å². The number of pyridine rings is 1. The molecule has 0 spiro atoms. The number of esters is 1. The van der Waals surface area contributed by atoms with E-state index in [9.17, 15) is 4.79 Å². The van der Waals surface area contributed by atoms with E-state index in [1.807, 2.05) is 0 Å². The molecule has 1 aliphatic rings. The zero-order chi connectivity index (χ0) is 14.1. The first-order chi connectivity index (χ1) is 9.74. The molecule has 0 saturated heterocycles. The van der Waals surface area contributed by atoms with Crippen LogP contribution in [0.1, 0.15) is 34.8 Å². The molecule has 6 heteroatoms. The molecule has 1 saturated carbocycles. The van der Waals surface area contributed by atoms with Crippen molar-refractivity contribution in [2.75, 3.05) is 13.7 Å². The molecular weight excluding hydrogens is 260 g/mol. The molecule has 104 valence electrons. The molecule has 2 aromatic heterocycles. The van der Waals surface area contributed by atoms with Gasteiger partial charge in [0.25, 0.3) is 11.6 Å². The third kappa shape index (κ3) is 2.13. The third-order valence-electron chi connectivity index (χ3n) is 3.17. The van der Waals surface area contributed by atoms with Gasteiger partial charge < -0.3 is 14.0 Å². The number of rotatable bonds is 5. The molecular formula is C14H14N2O4. The molecule has 0 radical (unpaired) electrons. The van der Waals surface area contributed by atoms with Gasteiger partial charge in [-0.15, -0.1) is 0 Å². The second-order valence-electron chi connectivity index (χ2n) is 4.63. The van der Waals surface area contributed by atoms with E-state index in [-0.39, 0.29) is 12.5 Å². The lowest BCUT2D eigenvalue weighted by Gasteiger charge is -2.05. The minimum Gasteiger partial charge on any atom is -0.471 e. The van der Waals surface area contributed by atoms with Crippen LogP contribution in [0.5, 0.6) is 5.88 Å². The molecule has 2 aromatic rings. The summed E-state index contributed by atoms with van der Waals surface area (Å²) in [4.78, 5) is 16.4. The number of nitrogens with zero attached hydrogens (tertiary/aromatic N) is 2. The second-order valence-corrected chi connectivity index (χ2v) is 4.63. The van der Waals surface area contributed by atoms with Crippen molar-refractivity contribution in [1.29, 1.82) is 0 Å². The summed E-state index contributed by atoms with van der Waals surface area (Å²) in [5, 5.41) is 4.26. The summed E-state index contributed by atoms with van der Waals surface area (Å²) >= 11 is 0. The van der Waals surface area contributed by atoms with Crippen LogP contribution in [-0.2, 0) is 4.74 Å². The average molecular weight is 274 g/mol. The van der Waals surface area contributed by atoms with Gasteiger partial charge >= 0.3 is 5.97 Å². The lowest BCUT2D eigenvalue weighted by molar-refractivity contribution is 0.0602. The molecule has 0 atom stereocenters. The molecule has 6 nitrogen and oxygen atoms in total. The highest BCUT2D eigenvalue weighted by atomic mass is 16.5. The summed E-state index contributed by atoms with van der Waals surface area (Å²) in [7, 11) is 1.34. The van der Waals surface area contributed by atoms with E-state index in [1.165, 1.54) is 7.11 Å². The van der Waals surface area contributed by atoms with E-state index < -0.39 is 5.97 Å². The Hall–Kier alpha value is -2.37. The fourth-order valence-corrected chi connectivity index (χ4v) is 2.04. The summed E-state index contributed by atoms with van der Waals surface area (Å²) in [6.45, 7) is 3.84. The quantitative estimate of drug-likeness (QED) is 0.616. The van der Waals surface area contributed by atoms with Crippen LogP contribution < -0.4 is 4.74 Å². The summed E-state index contributed by atoms with van der Waals surface area (Å²) in [6, 6.07) is 1.74. The van der Waals surface area contributed by atoms with Crippen molar-refractivity contribution >= 4 is 17.1 Å². The number of carbonyl (C=O) groups excluding carboxylic acids is 1. The van der Waals surface area contributed by atoms with Crippen LogP contribution in [0, 0.1) is 0 Å². The standard InChI is InChI=1S/C14H14N2O4/c1-3-6-19-13-11-9(14(17)18-2)7-10(8-4-5-8)15-12(11)20-16-13/h3,7-8H,1,4-6H2,2H3. The van der Waals surface area contributed by atoms with Gasteiger partial charge in [0.05, 0.1) is 12.7 Å². The first-order valence-corrected chi connectivity index (χ1v) is 6.37. The Morgan fingerprint density at radius 3 is 3.05 bits per heavy atom. The van der Waals surface area contributed by atoms with Crippen molar-refractivity contribution in [3.63, 3.8) is 0 Å². The van der Waals surface area contributed by atoms with Crippen molar-refractivity contribution < 1.29 is 18.8 Å². The molecule has 0 amide bonds. The van der Waals surface area contributed by atoms with Gasteiger partial charge in [-0.05, 0) is 24.1 Å².